The molecule has 0 spiro atoms. The highest BCUT2D eigenvalue weighted by molar-refractivity contribution is 7.89. The molecule has 2 rings (SSSR count). The number of aryl methyl sites for hydroxylation is 1. The molecule has 0 saturated carbocycles. The highest BCUT2D eigenvalue weighted by atomic mass is 32.2. The molecule has 0 saturated heterocycles. The van der Waals surface area contributed by atoms with Gasteiger partial charge in [0.25, 0.3) is 0 Å². The van der Waals surface area contributed by atoms with Gasteiger partial charge in [0.1, 0.15) is 16.8 Å². The largest absolute Gasteiger partial charge is 0.325 e. The Hall–Kier alpha value is -2.25. The summed E-state index contributed by atoms with van der Waals surface area (Å²) in [5, 5.41) is 2.73. The molecular formula is C19H23FN2O3S. The van der Waals surface area contributed by atoms with E-state index in [2.05, 4.69) is 10.0 Å². The Kier molecular flexibility index (Phi) is 6.50. The fourth-order valence-electron chi connectivity index (χ4n) is 2.47. The summed E-state index contributed by atoms with van der Waals surface area (Å²) >= 11 is 0. The number of hydrogen-bond donors (Lipinski definition) is 2. The molecule has 2 aromatic rings. The molecule has 0 bridgehead atoms. The van der Waals surface area contributed by atoms with E-state index in [1.165, 1.54) is 12.1 Å². The second-order valence-corrected chi connectivity index (χ2v) is 8.00. The van der Waals surface area contributed by atoms with Crippen LogP contribution in [0.3, 0.4) is 0 Å². The van der Waals surface area contributed by atoms with Gasteiger partial charge in [-0.3, -0.25) is 4.79 Å². The van der Waals surface area contributed by atoms with Crippen molar-refractivity contribution in [2.45, 2.75) is 38.1 Å². The standard InChI is InChI=1S/C19H23FN2O3S/c1-4-14-8-7-9-15(12-14)21-19(23)18(13(2)3)22-26(24,25)17-11-6-5-10-16(17)20/h5-13,18,22H,4H2,1-3H3,(H,21,23)/t18-/m0/s1. The minimum absolute atomic E-state index is 0.328. The third-order valence-electron chi connectivity index (χ3n) is 3.96. The number of rotatable bonds is 7. The highest BCUT2D eigenvalue weighted by Gasteiger charge is 2.29. The number of nitrogens with one attached hydrogen (secondary N) is 2. The molecule has 2 aromatic carbocycles. The second-order valence-electron chi connectivity index (χ2n) is 6.32. The number of amides is 1. The van der Waals surface area contributed by atoms with Crippen LogP contribution in [0.1, 0.15) is 26.3 Å². The highest BCUT2D eigenvalue weighted by Crippen LogP contribution is 2.17. The van der Waals surface area contributed by atoms with E-state index < -0.39 is 32.7 Å². The number of carbonyl (C=O) groups is 1. The number of halogens is 1. The third kappa shape index (κ3) is 4.89. The predicted molar refractivity (Wildman–Crippen MR) is 99.8 cm³/mol. The summed E-state index contributed by atoms with van der Waals surface area (Å²) in [5.74, 6) is -1.68. The molecule has 0 aliphatic rings. The van der Waals surface area contributed by atoms with Gasteiger partial charge in [-0.1, -0.05) is 45.0 Å². The van der Waals surface area contributed by atoms with Crippen molar-refractivity contribution < 1.29 is 17.6 Å². The first kappa shape index (κ1) is 20.1. The van der Waals surface area contributed by atoms with E-state index in [-0.39, 0.29) is 5.92 Å². The van der Waals surface area contributed by atoms with Crippen LogP contribution in [0.4, 0.5) is 10.1 Å². The molecule has 140 valence electrons. The lowest BCUT2D eigenvalue weighted by molar-refractivity contribution is -0.118. The third-order valence-corrected chi connectivity index (χ3v) is 5.43. The lowest BCUT2D eigenvalue weighted by Gasteiger charge is -2.22. The van der Waals surface area contributed by atoms with E-state index in [1.54, 1.807) is 19.9 Å². The average Bonchev–Trinajstić information content (AvgIpc) is 2.59. The number of anilines is 1. The zero-order valence-electron chi connectivity index (χ0n) is 15.0. The van der Waals surface area contributed by atoms with Crippen molar-refractivity contribution in [1.82, 2.24) is 4.72 Å². The summed E-state index contributed by atoms with van der Waals surface area (Å²) in [7, 11) is -4.17. The van der Waals surface area contributed by atoms with Crippen LogP contribution in [0.5, 0.6) is 0 Å². The van der Waals surface area contributed by atoms with Gasteiger partial charge in [0, 0.05) is 5.69 Å². The molecule has 2 N–H and O–H groups in total. The van der Waals surface area contributed by atoms with Gasteiger partial charge in [0.15, 0.2) is 0 Å². The fraction of sp³-hybridized carbons (Fsp3) is 0.316. The molecule has 0 heterocycles. The summed E-state index contributed by atoms with van der Waals surface area (Å²) in [6.07, 6.45) is 0.817. The SMILES string of the molecule is CCc1cccc(NC(=O)[C@@H](NS(=O)(=O)c2ccccc2F)C(C)C)c1. The molecular weight excluding hydrogens is 355 g/mol. The topological polar surface area (TPSA) is 75.3 Å². The van der Waals surface area contributed by atoms with Crippen molar-refractivity contribution in [1.29, 1.82) is 0 Å². The van der Waals surface area contributed by atoms with Crippen LogP contribution < -0.4 is 10.0 Å². The molecule has 0 radical (unpaired) electrons. The Morgan fingerprint density at radius 1 is 1.12 bits per heavy atom. The smallest absolute Gasteiger partial charge is 0.244 e. The molecule has 1 atom stereocenters. The van der Waals surface area contributed by atoms with Gasteiger partial charge in [-0.25, -0.2) is 12.8 Å². The second kappa shape index (κ2) is 8.42. The molecule has 0 unspecified atom stereocenters. The Labute approximate surface area is 153 Å². The Morgan fingerprint density at radius 2 is 1.81 bits per heavy atom. The zero-order valence-corrected chi connectivity index (χ0v) is 15.8. The first-order valence-corrected chi connectivity index (χ1v) is 9.89. The predicted octanol–water partition coefficient (Wildman–Crippen LogP) is 3.33. The first-order valence-electron chi connectivity index (χ1n) is 8.41. The summed E-state index contributed by atoms with van der Waals surface area (Å²) in [6, 6.07) is 11.4. The number of carbonyl (C=O) groups excluding carboxylic acids is 1. The van der Waals surface area contributed by atoms with Crippen LogP contribution in [0, 0.1) is 11.7 Å². The molecule has 5 nitrogen and oxygen atoms in total. The molecule has 0 fully saturated rings. The average molecular weight is 378 g/mol. The summed E-state index contributed by atoms with van der Waals surface area (Å²) in [4.78, 5) is 12.1. The summed E-state index contributed by atoms with van der Waals surface area (Å²) in [5.41, 5.74) is 1.64. The van der Waals surface area contributed by atoms with Gasteiger partial charge in [0.05, 0.1) is 0 Å². The summed E-state index contributed by atoms with van der Waals surface area (Å²) < 4.78 is 41.2. The van der Waals surface area contributed by atoms with Crippen LogP contribution in [0.2, 0.25) is 0 Å². The Balaban J connectivity index is 2.22. The minimum atomic E-state index is -4.17. The van der Waals surface area contributed by atoms with Crippen molar-refractivity contribution in [3.8, 4) is 0 Å². The zero-order chi connectivity index (χ0) is 19.3. The Bertz CT molecular complexity index is 882. The number of hydrogen-bond acceptors (Lipinski definition) is 3. The summed E-state index contributed by atoms with van der Waals surface area (Å²) in [6.45, 7) is 5.44. The van der Waals surface area contributed by atoms with E-state index in [0.717, 1.165) is 24.1 Å². The van der Waals surface area contributed by atoms with E-state index >= 15 is 0 Å². The molecule has 1 amide bonds. The van der Waals surface area contributed by atoms with E-state index in [1.807, 2.05) is 25.1 Å². The van der Waals surface area contributed by atoms with E-state index in [9.17, 15) is 17.6 Å². The van der Waals surface area contributed by atoms with Crippen LogP contribution >= 0.6 is 0 Å². The van der Waals surface area contributed by atoms with Gasteiger partial charge >= 0.3 is 0 Å². The maximum Gasteiger partial charge on any atom is 0.244 e. The van der Waals surface area contributed by atoms with Crippen molar-refractivity contribution in [3.05, 3.63) is 59.9 Å². The van der Waals surface area contributed by atoms with Gasteiger partial charge < -0.3 is 5.32 Å². The molecule has 0 aromatic heterocycles. The normalized spacial score (nSPS) is 12.8. The minimum Gasteiger partial charge on any atom is -0.325 e. The van der Waals surface area contributed by atoms with Crippen molar-refractivity contribution in [3.63, 3.8) is 0 Å². The monoisotopic (exact) mass is 378 g/mol. The van der Waals surface area contributed by atoms with Gasteiger partial charge in [-0.2, -0.15) is 4.72 Å². The lowest BCUT2D eigenvalue weighted by atomic mass is 10.0. The van der Waals surface area contributed by atoms with E-state index in [4.69, 9.17) is 0 Å². The first-order chi connectivity index (χ1) is 12.2. The van der Waals surface area contributed by atoms with Crippen LogP contribution in [0.15, 0.2) is 53.4 Å². The van der Waals surface area contributed by atoms with Crippen LogP contribution in [-0.2, 0) is 21.2 Å². The van der Waals surface area contributed by atoms with Gasteiger partial charge in [-0.15, -0.1) is 0 Å². The molecule has 26 heavy (non-hydrogen) atoms. The number of sulfonamides is 1. The quantitative estimate of drug-likeness (QED) is 0.776. The van der Waals surface area contributed by atoms with Crippen molar-refractivity contribution >= 4 is 21.6 Å². The van der Waals surface area contributed by atoms with Crippen molar-refractivity contribution in [2.75, 3.05) is 5.32 Å². The number of benzene rings is 2. The fourth-order valence-corrected chi connectivity index (χ4v) is 3.90. The van der Waals surface area contributed by atoms with E-state index in [0.29, 0.717) is 5.69 Å². The lowest BCUT2D eigenvalue weighted by Crippen LogP contribution is -2.47. The Morgan fingerprint density at radius 3 is 2.42 bits per heavy atom. The molecule has 7 heteroatoms. The maximum absolute atomic E-state index is 13.8. The van der Waals surface area contributed by atoms with Crippen molar-refractivity contribution in [2.24, 2.45) is 5.92 Å². The molecule has 0 aliphatic carbocycles. The van der Waals surface area contributed by atoms with Gasteiger partial charge in [0.2, 0.25) is 15.9 Å². The van der Waals surface area contributed by atoms with Crippen LogP contribution in [0.25, 0.3) is 0 Å². The van der Waals surface area contributed by atoms with Gasteiger partial charge in [-0.05, 0) is 42.2 Å². The molecule has 0 aliphatic heterocycles. The maximum atomic E-state index is 13.8. The van der Waals surface area contributed by atoms with Crippen LogP contribution in [-0.4, -0.2) is 20.4 Å².